The van der Waals surface area contributed by atoms with Crippen LogP contribution >= 0.6 is 7.82 Å². The molecule has 0 rings (SSSR count). The molecule has 9 heteroatoms. The van der Waals surface area contributed by atoms with Gasteiger partial charge in [0.1, 0.15) is 6.61 Å². The third kappa shape index (κ3) is 41.0. The van der Waals surface area contributed by atoms with Crippen LogP contribution in [0.25, 0.3) is 0 Å². The topological polar surface area (TPSA) is 119 Å². The first-order valence-electron chi connectivity index (χ1n) is 21.3. The standard InChI is InChI=1S/C43H79O8P/c1-3-5-7-9-11-13-15-17-19-20-21-22-24-26-28-30-32-34-36-38-43(45)51-41(40-50-52(46,47)48)39-49-42(44)37-35-33-31-29-27-25-23-18-16-14-12-10-8-6-4-2/h11,13,17,19,21-22,41H,3-10,12,14-16,18,20,23-40H2,1-2H3,(H2,46,47,48)/b13-11-,19-17-,22-21-. The zero-order valence-electron chi connectivity index (χ0n) is 33.5. The average molecular weight is 755 g/mol. The summed E-state index contributed by atoms with van der Waals surface area (Å²) in [5.41, 5.74) is 0. The van der Waals surface area contributed by atoms with Crippen LogP contribution in [0.4, 0.5) is 0 Å². The van der Waals surface area contributed by atoms with Crippen LogP contribution in [0.15, 0.2) is 36.5 Å². The molecule has 0 aromatic carbocycles. The first-order valence-corrected chi connectivity index (χ1v) is 22.8. The normalized spacial score (nSPS) is 12.8. The molecule has 2 N–H and O–H groups in total. The van der Waals surface area contributed by atoms with E-state index in [4.69, 9.17) is 19.3 Å². The first-order chi connectivity index (χ1) is 25.3. The molecule has 0 radical (unpaired) electrons. The van der Waals surface area contributed by atoms with Gasteiger partial charge in [-0.05, 0) is 51.4 Å². The molecule has 0 spiro atoms. The van der Waals surface area contributed by atoms with Crippen molar-refractivity contribution >= 4 is 19.8 Å². The van der Waals surface area contributed by atoms with Gasteiger partial charge in [-0.2, -0.15) is 0 Å². The van der Waals surface area contributed by atoms with E-state index in [1.54, 1.807) is 0 Å². The van der Waals surface area contributed by atoms with Crippen molar-refractivity contribution in [2.75, 3.05) is 13.2 Å². The molecule has 8 nitrogen and oxygen atoms in total. The van der Waals surface area contributed by atoms with Gasteiger partial charge in [0, 0.05) is 12.8 Å². The van der Waals surface area contributed by atoms with Gasteiger partial charge in [0.15, 0.2) is 6.10 Å². The minimum Gasteiger partial charge on any atom is -0.462 e. The summed E-state index contributed by atoms with van der Waals surface area (Å²) < 4.78 is 26.4. The highest BCUT2D eigenvalue weighted by atomic mass is 31.2. The number of phosphoric ester groups is 1. The van der Waals surface area contributed by atoms with E-state index in [2.05, 4.69) is 54.8 Å². The molecule has 0 amide bonds. The smallest absolute Gasteiger partial charge is 0.462 e. The van der Waals surface area contributed by atoms with Gasteiger partial charge in [0.25, 0.3) is 0 Å². The molecule has 1 atom stereocenters. The van der Waals surface area contributed by atoms with Crippen LogP contribution in [0.2, 0.25) is 0 Å². The number of esters is 2. The van der Waals surface area contributed by atoms with Gasteiger partial charge in [-0.25, -0.2) is 4.57 Å². The number of allylic oxidation sites excluding steroid dienone is 6. The van der Waals surface area contributed by atoms with E-state index >= 15 is 0 Å². The second-order valence-corrected chi connectivity index (χ2v) is 15.6. The SMILES string of the molecule is CCCCC/C=C\C/C=C\C/C=C\CCCCCCCCC(=O)OC(COC(=O)CCCCCCCCCCCCCCCCC)COP(=O)(O)O. The molecule has 0 aliphatic heterocycles. The highest BCUT2D eigenvalue weighted by Gasteiger charge is 2.22. The van der Waals surface area contributed by atoms with Gasteiger partial charge in [-0.3, -0.25) is 14.1 Å². The maximum atomic E-state index is 12.4. The number of unbranched alkanes of at least 4 members (excludes halogenated alkanes) is 23. The molecular formula is C43H79O8P. The molecule has 0 aromatic heterocycles. The largest absolute Gasteiger partial charge is 0.469 e. The highest BCUT2D eigenvalue weighted by Crippen LogP contribution is 2.36. The summed E-state index contributed by atoms with van der Waals surface area (Å²) in [5.74, 6) is -0.893. The lowest BCUT2D eigenvalue weighted by Crippen LogP contribution is -2.29. The fourth-order valence-corrected chi connectivity index (χ4v) is 6.33. The first kappa shape index (κ1) is 50.3. The number of ether oxygens (including phenoxy) is 2. The molecular weight excluding hydrogens is 675 g/mol. The van der Waals surface area contributed by atoms with Crippen LogP contribution < -0.4 is 0 Å². The van der Waals surface area contributed by atoms with Gasteiger partial charge in [-0.15, -0.1) is 0 Å². The van der Waals surface area contributed by atoms with Crippen molar-refractivity contribution in [1.29, 1.82) is 0 Å². The Kier molecular flexibility index (Phi) is 37.7. The lowest BCUT2D eigenvalue weighted by Gasteiger charge is -2.18. The number of carbonyl (C=O) groups excluding carboxylic acids is 2. The van der Waals surface area contributed by atoms with Crippen molar-refractivity contribution in [3.63, 3.8) is 0 Å². The molecule has 52 heavy (non-hydrogen) atoms. The van der Waals surface area contributed by atoms with Gasteiger partial charge >= 0.3 is 19.8 Å². The van der Waals surface area contributed by atoms with Crippen LogP contribution in [-0.2, 0) is 28.2 Å². The summed E-state index contributed by atoms with van der Waals surface area (Å²) in [6.45, 7) is 3.66. The van der Waals surface area contributed by atoms with E-state index in [1.807, 2.05) is 0 Å². The van der Waals surface area contributed by atoms with Crippen LogP contribution in [0.5, 0.6) is 0 Å². The van der Waals surface area contributed by atoms with Crippen molar-refractivity contribution < 1.29 is 37.9 Å². The minimum atomic E-state index is -4.76. The Hall–Kier alpha value is -1.73. The van der Waals surface area contributed by atoms with E-state index < -0.39 is 32.5 Å². The number of phosphoric acid groups is 1. The summed E-state index contributed by atoms with van der Waals surface area (Å²) in [5, 5.41) is 0. The molecule has 1 unspecified atom stereocenters. The van der Waals surface area contributed by atoms with Gasteiger partial charge < -0.3 is 19.3 Å². The Morgan fingerprint density at radius 1 is 0.500 bits per heavy atom. The van der Waals surface area contributed by atoms with E-state index in [9.17, 15) is 14.2 Å². The van der Waals surface area contributed by atoms with Crippen molar-refractivity contribution in [3.8, 4) is 0 Å². The van der Waals surface area contributed by atoms with E-state index in [0.717, 1.165) is 70.6 Å². The summed E-state index contributed by atoms with van der Waals surface area (Å²) >= 11 is 0. The van der Waals surface area contributed by atoms with Crippen LogP contribution in [0.1, 0.15) is 206 Å². The minimum absolute atomic E-state index is 0.199. The Balaban J connectivity index is 3.93. The maximum absolute atomic E-state index is 12.4. The van der Waals surface area contributed by atoms with E-state index in [1.165, 1.54) is 103 Å². The highest BCUT2D eigenvalue weighted by molar-refractivity contribution is 7.46. The van der Waals surface area contributed by atoms with Crippen molar-refractivity contribution in [2.45, 2.75) is 213 Å². The predicted octanol–water partition coefficient (Wildman–Crippen LogP) is 13.0. The summed E-state index contributed by atoms with van der Waals surface area (Å²) in [6.07, 6.45) is 45.7. The second-order valence-electron chi connectivity index (χ2n) is 14.3. The number of hydrogen-bond acceptors (Lipinski definition) is 6. The zero-order chi connectivity index (χ0) is 38.2. The molecule has 0 fully saturated rings. The van der Waals surface area contributed by atoms with Crippen LogP contribution in [0.3, 0.4) is 0 Å². The van der Waals surface area contributed by atoms with Gasteiger partial charge in [0.2, 0.25) is 0 Å². The molecule has 0 aromatic rings. The fourth-order valence-electron chi connectivity index (χ4n) is 5.97. The maximum Gasteiger partial charge on any atom is 0.469 e. The average Bonchev–Trinajstić information content (AvgIpc) is 3.11. The third-order valence-electron chi connectivity index (χ3n) is 9.16. The Labute approximate surface area is 319 Å². The Morgan fingerprint density at radius 3 is 1.33 bits per heavy atom. The number of carbonyl (C=O) groups is 2. The predicted molar refractivity (Wildman–Crippen MR) is 216 cm³/mol. The summed E-state index contributed by atoms with van der Waals surface area (Å²) in [7, 11) is -4.76. The molecule has 0 saturated carbocycles. The Bertz CT molecular complexity index is 941. The lowest BCUT2D eigenvalue weighted by molar-refractivity contribution is -0.161. The van der Waals surface area contributed by atoms with E-state index in [-0.39, 0.29) is 19.4 Å². The van der Waals surface area contributed by atoms with Gasteiger partial charge in [-0.1, -0.05) is 179 Å². The quantitative estimate of drug-likeness (QED) is 0.0275. The molecule has 0 aliphatic rings. The number of hydrogen-bond donors (Lipinski definition) is 2. The molecule has 0 heterocycles. The molecule has 0 aliphatic carbocycles. The molecule has 304 valence electrons. The summed E-state index contributed by atoms with van der Waals surface area (Å²) in [6, 6.07) is 0. The summed E-state index contributed by atoms with van der Waals surface area (Å²) in [4.78, 5) is 42.9. The Morgan fingerprint density at radius 2 is 0.865 bits per heavy atom. The third-order valence-corrected chi connectivity index (χ3v) is 9.65. The van der Waals surface area contributed by atoms with Crippen LogP contribution in [0, 0.1) is 0 Å². The van der Waals surface area contributed by atoms with Crippen molar-refractivity contribution in [1.82, 2.24) is 0 Å². The molecule has 0 bridgehead atoms. The molecule has 0 saturated heterocycles. The van der Waals surface area contributed by atoms with Crippen molar-refractivity contribution in [2.24, 2.45) is 0 Å². The van der Waals surface area contributed by atoms with Crippen LogP contribution in [-0.4, -0.2) is 41.0 Å². The fraction of sp³-hybridized carbons (Fsp3) is 0.814. The zero-order valence-corrected chi connectivity index (χ0v) is 34.4. The van der Waals surface area contributed by atoms with Gasteiger partial charge in [0.05, 0.1) is 6.61 Å². The van der Waals surface area contributed by atoms with E-state index in [0.29, 0.717) is 6.42 Å². The van der Waals surface area contributed by atoms with Crippen molar-refractivity contribution in [3.05, 3.63) is 36.5 Å². The monoisotopic (exact) mass is 755 g/mol. The lowest BCUT2D eigenvalue weighted by atomic mass is 10.0. The number of rotatable bonds is 39. The second kappa shape index (κ2) is 39.0.